The maximum absolute atomic E-state index is 12.5. The smallest absolute Gasteiger partial charge is 0.292 e. The van der Waals surface area contributed by atoms with Gasteiger partial charge in [0.05, 0.1) is 13.4 Å². The number of rotatable bonds is 5. The van der Waals surface area contributed by atoms with Crippen LogP contribution < -0.4 is 10.1 Å². The zero-order valence-corrected chi connectivity index (χ0v) is 16.2. The summed E-state index contributed by atoms with van der Waals surface area (Å²) in [6, 6.07) is 19.1. The first kappa shape index (κ1) is 18.0. The predicted molar refractivity (Wildman–Crippen MR) is 111 cm³/mol. The molecule has 0 aliphatic heterocycles. The molecule has 0 saturated carbocycles. The topological polar surface area (TPSA) is 64.4 Å². The normalized spacial score (nSPS) is 10.6. The van der Waals surface area contributed by atoms with Gasteiger partial charge in [-0.25, -0.2) is 4.98 Å². The van der Waals surface area contributed by atoms with E-state index in [9.17, 15) is 4.79 Å². The molecule has 140 valence electrons. The first-order valence-electron chi connectivity index (χ1n) is 8.71. The fraction of sp³-hybridized carbons (Fsp3) is 0.0909. The van der Waals surface area contributed by atoms with Gasteiger partial charge in [-0.05, 0) is 31.2 Å². The minimum atomic E-state index is -0.306. The third kappa shape index (κ3) is 3.68. The largest absolute Gasteiger partial charge is 0.497 e. The van der Waals surface area contributed by atoms with Crippen LogP contribution in [0.5, 0.6) is 5.75 Å². The third-order valence-corrected chi connectivity index (χ3v) is 5.26. The Labute approximate surface area is 166 Å². The molecular weight excluding hydrogens is 372 g/mol. The molecule has 0 aliphatic rings. The Balaban J connectivity index is 1.76. The number of carbonyl (C=O) groups is 1. The van der Waals surface area contributed by atoms with E-state index in [2.05, 4.69) is 5.32 Å². The predicted octanol–water partition coefficient (Wildman–Crippen LogP) is 5.64. The van der Waals surface area contributed by atoms with Gasteiger partial charge in [0.2, 0.25) is 0 Å². The molecule has 0 saturated heterocycles. The van der Waals surface area contributed by atoms with Crippen molar-refractivity contribution in [2.45, 2.75) is 6.92 Å². The molecule has 2 aromatic carbocycles. The molecule has 2 heterocycles. The molecule has 4 aromatic rings. The van der Waals surface area contributed by atoms with Crippen LogP contribution in [-0.4, -0.2) is 18.0 Å². The zero-order valence-electron chi connectivity index (χ0n) is 15.4. The third-order valence-electron chi connectivity index (χ3n) is 4.24. The van der Waals surface area contributed by atoms with E-state index in [0.717, 1.165) is 33.1 Å². The SMILES string of the molecule is COc1cccc(-c2nc(-c3ccc(C)cc3)c(NC(=O)c3ccco3)s2)c1. The number of nitrogens with zero attached hydrogens (tertiary/aromatic N) is 1. The van der Waals surface area contributed by atoms with Gasteiger partial charge >= 0.3 is 0 Å². The van der Waals surface area contributed by atoms with Gasteiger partial charge in [-0.3, -0.25) is 4.79 Å². The number of hydrogen-bond acceptors (Lipinski definition) is 5. The number of methoxy groups -OCH3 is 1. The highest BCUT2D eigenvalue weighted by molar-refractivity contribution is 7.19. The molecule has 1 amide bonds. The van der Waals surface area contributed by atoms with Crippen molar-refractivity contribution in [3.05, 3.63) is 78.3 Å². The molecular formula is C22H18N2O3S. The number of nitrogens with one attached hydrogen (secondary N) is 1. The molecule has 0 spiro atoms. The lowest BCUT2D eigenvalue weighted by atomic mass is 10.1. The van der Waals surface area contributed by atoms with E-state index in [-0.39, 0.29) is 11.7 Å². The summed E-state index contributed by atoms with van der Waals surface area (Å²) in [5.41, 5.74) is 3.75. The maximum Gasteiger partial charge on any atom is 0.292 e. The summed E-state index contributed by atoms with van der Waals surface area (Å²) < 4.78 is 10.5. The second-order valence-corrected chi connectivity index (χ2v) is 7.23. The summed E-state index contributed by atoms with van der Waals surface area (Å²) in [7, 11) is 1.63. The van der Waals surface area contributed by atoms with E-state index in [1.807, 2.05) is 55.5 Å². The van der Waals surface area contributed by atoms with Gasteiger partial charge in [-0.15, -0.1) is 0 Å². The maximum atomic E-state index is 12.5. The fourth-order valence-electron chi connectivity index (χ4n) is 2.76. The second-order valence-electron chi connectivity index (χ2n) is 6.23. The van der Waals surface area contributed by atoms with Crippen molar-refractivity contribution >= 4 is 22.2 Å². The summed E-state index contributed by atoms with van der Waals surface area (Å²) >= 11 is 1.42. The number of hydrogen-bond donors (Lipinski definition) is 1. The fourth-order valence-corrected chi connectivity index (χ4v) is 3.74. The van der Waals surface area contributed by atoms with E-state index in [1.165, 1.54) is 17.6 Å². The summed E-state index contributed by atoms with van der Waals surface area (Å²) in [5, 5.41) is 4.40. The highest BCUT2D eigenvalue weighted by Crippen LogP contribution is 2.39. The van der Waals surface area contributed by atoms with Crippen molar-refractivity contribution < 1.29 is 13.9 Å². The van der Waals surface area contributed by atoms with Crippen molar-refractivity contribution in [1.82, 2.24) is 4.98 Å². The van der Waals surface area contributed by atoms with E-state index in [1.54, 1.807) is 19.2 Å². The number of carbonyl (C=O) groups excluding carboxylic acids is 1. The number of anilines is 1. The molecule has 0 bridgehead atoms. The van der Waals surface area contributed by atoms with Crippen LogP contribution in [0.15, 0.2) is 71.3 Å². The second kappa shape index (κ2) is 7.70. The van der Waals surface area contributed by atoms with Gasteiger partial charge in [0.15, 0.2) is 5.76 Å². The van der Waals surface area contributed by atoms with Gasteiger partial charge in [0.1, 0.15) is 21.5 Å². The number of thiazole rings is 1. The van der Waals surface area contributed by atoms with Crippen LogP contribution in [0.3, 0.4) is 0 Å². The number of ether oxygens (including phenoxy) is 1. The lowest BCUT2D eigenvalue weighted by Gasteiger charge is -2.04. The Morgan fingerprint density at radius 3 is 2.61 bits per heavy atom. The molecule has 5 nitrogen and oxygen atoms in total. The lowest BCUT2D eigenvalue weighted by molar-refractivity contribution is 0.0997. The van der Waals surface area contributed by atoms with Crippen molar-refractivity contribution in [2.75, 3.05) is 12.4 Å². The zero-order chi connectivity index (χ0) is 19.5. The number of aryl methyl sites for hydroxylation is 1. The van der Waals surface area contributed by atoms with Crippen molar-refractivity contribution in [3.8, 4) is 27.6 Å². The minimum absolute atomic E-state index is 0.256. The number of furan rings is 1. The van der Waals surface area contributed by atoms with E-state index in [4.69, 9.17) is 14.1 Å². The van der Waals surface area contributed by atoms with E-state index >= 15 is 0 Å². The summed E-state index contributed by atoms with van der Waals surface area (Å²) in [4.78, 5) is 17.3. The Bertz CT molecular complexity index is 1100. The molecule has 0 unspecified atom stereocenters. The molecule has 0 aliphatic carbocycles. The van der Waals surface area contributed by atoms with Crippen LogP contribution in [0.1, 0.15) is 16.1 Å². The Hall–Kier alpha value is -3.38. The average molecular weight is 390 g/mol. The van der Waals surface area contributed by atoms with Gasteiger partial charge < -0.3 is 14.5 Å². The van der Waals surface area contributed by atoms with E-state index in [0.29, 0.717) is 5.00 Å². The van der Waals surface area contributed by atoms with Gasteiger partial charge in [-0.2, -0.15) is 0 Å². The molecule has 0 atom stereocenters. The molecule has 0 fully saturated rings. The first-order valence-corrected chi connectivity index (χ1v) is 9.53. The van der Waals surface area contributed by atoms with Crippen LogP contribution in [0.2, 0.25) is 0 Å². The number of benzene rings is 2. The standard InChI is InChI=1S/C22H18N2O3S/c1-14-8-10-15(11-9-14)19-22(24-20(25)18-7-4-12-27-18)28-21(23-19)16-5-3-6-17(13-16)26-2/h3-13H,1-2H3,(H,24,25). The minimum Gasteiger partial charge on any atom is -0.497 e. The van der Waals surface area contributed by atoms with E-state index < -0.39 is 0 Å². The summed E-state index contributed by atoms with van der Waals surface area (Å²) in [6.45, 7) is 2.03. The molecule has 4 rings (SSSR count). The van der Waals surface area contributed by atoms with Gasteiger partial charge in [0.25, 0.3) is 5.91 Å². The molecule has 28 heavy (non-hydrogen) atoms. The Morgan fingerprint density at radius 2 is 1.89 bits per heavy atom. The number of amides is 1. The highest BCUT2D eigenvalue weighted by atomic mass is 32.1. The van der Waals surface area contributed by atoms with Crippen LogP contribution in [0.25, 0.3) is 21.8 Å². The van der Waals surface area contributed by atoms with Crippen molar-refractivity contribution in [2.24, 2.45) is 0 Å². The van der Waals surface area contributed by atoms with Gasteiger partial charge in [0, 0.05) is 11.1 Å². The Morgan fingerprint density at radius 1 is 1.07 bits per heavy atom. The molecule has 1 N–H and O–H groups in total. The lowest BCUT2D eigenvalue weighted by Crippen LogP contribution is -2.10. The molecule has 6 heteroatoms. The van der Waals surface area contributed by atoms with Crippen LogP contribution >= 0.6 is 11.3 Å². The summed E-state index contributed by atoms with van der Waals surface area (Å²) in [6.07, 6.45) is 1.48. The Kier molecular flexibility index (Phi) is 4.95. The number of aromatic nitrogens is 1. The quantitative estimate of drug-likeness (QED) is 0.479. The van der Waals surface area contributed by atoms with Gasteiger partial charge in [-0.1, -0.05) is 53.3 Å². The summed E-state index contributed by atoms with van der Waals surface area (Å²) in [5.74, 6) is 0.705. The molecule has 0 radical (unpaired) electrons. The molecule has 2 aromatic heterocycles. The van der Waals surface area contributed by atoms with Crippen LogP contribution in [0.4, 0.5) is 5.00 Å². The van der Waals surface area contributed by atoms with Crippen LogP contribution in [-0.2, 0) is 0 Å². The highest BCUT2D eigenvalue weighted by Gasteiger charge is 2.18. The van der Waals surface area contributed by atoms with Crippen molar-refractivity contribution in [3.63, 3.8) is 0 Å². The monoisotopic (exact) mass is 390 g/mol. The van der Waals surface area contributed by atoms with Crippen LogP contribution in [0, 0.1) is 6.92 Å². The first-order chi connectivity index (χ1) is 13.6. The van der Waals surface area contributed by atoms with Crippen molar-refractivity contribution in [1.29, 1.82) is 0 Å². The average Bonchev–Trinajstić information content (AvgIpc) is 3.39.